The highest BCUT2D eigenvalue weighted by atomic mass is 35.5. The van der Waals surface area contributed by atoms with Gasteiger partial charge in [-0.15, -0.1) is 0 Å². The highest BCUT2D eigenvalue weighted by Crippen LogP contribution is 2.23. The molecule has 0 heterocycles. The summed E-state index contributed by atoms with van der Waals surface area (Å²) >= 11 is 6.00. The summed E-state index contributed by atoms with van der Waals surface area (Å²) in [6, 6.07) is 5.34. The topological polar surface area (TPSA) is 41.1 Å². The summed E-state index contributed by atoms with van der Waals surface area (Å²) in [5.41, 5.74) is 1.85. The molecule has 0 spiro atoms. The molecule has 1 rings (SSSR count). The lowest BCUT2D eigenvalue weighted by Gasteiger charge is -2.16. The highest BCUT2D eigenvalue weighted by molar-refractivity contribution is 6.31. The zero-order chi connectivity index (χ0) is 12.1. The molecule has 0 aromatic heterocycles. The molecule has 0 aliphatic heterocycles. The average molecular weight is 241 g/mol. The fraction of sp³-hybridized carbons (Fsp3) is 0.417. The minimum atomic E-state index is -0.267. The van der Waals surface area contributed by atoms with E-state index in [4.69, 9.17) is 11.6 Å². The van der Waals surface area contributed by atoms with E-state index in [0.717, 1.165) is 11.3 Å². The molecule has 0 aliphatic carbocycles. The first-order valence-corrected chi connectivity index (χ1v) is 5.73. The molecule has 0 saturated heterocycles. The molecule has 1 atom stereocenters. The Bertz CT molecular complexity index is 379. The Balaban J connectivity index is 2.73. The third kappa shape index (κ3) is 3.14. The predicted molar refractivity (Wildman–Crippen MR) is 68.0 cm³/mol. The number of benzene rings is 1. The van der Waals surface area contributed by atoms with E-state index in [1.807, 2.05) is 39.0 Å². The van der Waals surface area contributed by atoms with Crippen LogP contribution in [0.15, 0.2) is 18.2 Å². The first kappa shape index (κ1) is 12.8. The SMILES string of the molecule is CCNC(=O)[C@H](C)Nc1cccc(Cl)c1C. The molecular weight excluding hydrogens is 224 g/mol. The van der Waals surface area contributed by atoms with Gasteiger partial charge in [0.15, 0.2) is 0 Å². The summed E-state index contributed by atoms with van der Waals surface area (Å²) in [6.45, 7) is 6.29. The van der Waals surface area contributed by atoms with Gasteiger partial charge in [-0.3, -0.25) is 4.79 Å². The largest absolute Gasteiger partial charge is 0.374 e. The van der Waals surface area contributed by atoms with E-state index >= 15 is 0 Å². The molecule has 0 fully saturated rings. The molecule has 2 N–H and O–H groups in total. The van der Waals surface area contributed by atoms with Crippen LogP contribution in [0.3, 0.4) is 0 Å². The number of hydrogen-bond donors (Lipinski definition) is 2. The highest BCUT2D eigenvalue weighted by Gasteiger charge is 2.12. The van der Waals surface area contributed by atoms with E-state index in [0.29, 0.717) is 11.6 Å². The van der Waals surface area contributed by atoms with Crippen molar-refractivity contribution in [1.82, 2.24) is 5.32 Å². The second-order valence-electron chi connectivity index (χ2n) is 3.67. The summed E-state index contributed by atoms with van der Waals surface area (Å²) in [7, 11) is 0. The number of rotatable bonds is 4. The van der Waals surface area contributed by atoms with Crippen LogP contribution < -0.4 is 10.6 Å². The molecule has 0 saturated carbocycles. The molecule has 0 unspecified atom stereocenters. The van der Waals surface area contributed by atoms with Gasteiger partial charge in [0.05, 0.1) is 0 Å². The van der Waals surface area contributed by atoms with Crippen molar-refractivity contribution < 1.29 is 4.79 Å². The van der Waals surface area contributed by atoms with Gasteiger partial charge in [-0.2, -0.15) is 0 Å². The van der Waals surface area contributed by atoms with Gasteiger partial charge in [0.2, 0.25) is 5.91 Å². The molecule has 4 heteroatoms. The lowest BCUT2D eigenvalue weighted by atomic mass is 10.2. The van der Waals surface area contributed by atoms with E-state index in [1.54, 1.807) is 0 Å². The van der Waals surface area contributed by atoms with Crippen molar-refractivity contribution in [3.05, 3.63) is 28.8 Å². The van der Waals surface area contributed by atoms with E-state index in [9.17, 15) is 4.79 Å². The Kier molecular flexibility index (Phi) is 4.62. The number of halogens is 1. The molecule has 0 bridgehead atoms. The normalized spacial score (nSPS) is 12.0. The van der Waals surface area contributed by atoms with Crippen molar-refractivity contribution >= 4 is 23.2 Å². The van der Waals surface area contributed by atoms with Crippen LogP contribution in [0.5, 0.6) is 0 Å². The third-order valence-corrected chi connectivity index (χ3v) is 2.79. The smallest absolute Gasteiger partial charge is 0.242 e. The average Bonchev–Trinajstić information content (AvgIpc) is 2.25. The summed E-state index contributed by atoms with van der Waals surface area (Å²) < 4.78 is 0. The molecule has 0 aliphatic rings. The number of carbonyl (C=O) groups excluding carboxylic acids is 1. The second kappa shape index (κ2) is 5.75. The molecule has 16 heavy (non-hydrogen) atoms. The summed E-state index contributed by atoms with van der Waals surface area (Å²) in [6.07, 6.45) is 0. The number of anilines is 1. The minimum absolute atomic E-state index is 0.0122. The molecule has 1 aromatic carbocycles. The lowest BCUT2D eigenvalue weighted by Crippen LogP contribution is -2.37. The first-order chi connectivity index (χ1) is 7.56. The zero-order valence-electron chi connectivity index (χ0n) is 9.80. The van der Waals surface area contributed by atoms with Gasteiger partial charge < -0.3 is 10.6 Å². The lowest BCUT2D eigenvalue weighted by molar-refractivity contribution is -0.121. The van der Waals surface area contributed by atoms with Crippen molar-refractivity contribution in [2.75, 3.05) is 11.9 Å². The van der Waals surface area contributed by atoms with Crippen LogP contribution in [0.2, 0.25) is 5.02 Å². The maximum Gasteiger partial charge on any atom is 0.242 e. The van der Waals surface area contributed by atoms with E-state index < -0.39 is 0 Å². The van der Waals surface area contributed by atoms with Crippen LogP contribution in [0, 0.1) is 6.92 Å². The van der Waals surface area contributed by atoms with Crippen molar-refractivity contribution in [2.45, 2.75) is 26.8 Å². The number of likely N-dealkylation sites (N-methyl/N-ethyl adjacent to an activating group) is 1. The Morgan fingerprint density at radius 1 is 1.50 bits per heavy atom. The standard InChI is InChI=1S/C12H17ClN2O/c1-4-14-12(16)9(3)15-11-7-5-6-10(13)8(11)2/h5-7,9,15H,4H2,1-3H3,(H,14,16)/t9-/m0/s1. The van der Waals surface area contributed by atoms with E-state index in [2.05, 4.69) is 10.6 Å². The van der Waals surface area contributed by atoms with Gasteiger partial charge in [0.25, 0.3) is 0 Å². The second-order valence-corrected chi connectivity index (χ2v) is 4.08. The van der Waals surface area contributed by atoms with Gasteiger partial charge in [-0.25, -0.2) is 0 Å². The zero-order valence-corrected chi connectivity index (χ0v) is 10.6. The molecule has 1 amide bonds. The Morgan fingerprint density at radius 3 is 2.81 bits per heavy atom. The number of carbonyl (C=O) groups is 1. The van der Waals surface area contributed by atoms with Crippen LogP contribution in [0.1, 0.15) is 19.4 Å². The number of hydrogen-bond acceptors (Lipinski definition) is 2. The Labute approximate surface area is 101 Å². The maximum absolute atomic E-state index is 11.5. The molecule has 1 aromatic rings. The molecule has 3 nitrogen and oxygen atoms in total. The molecular formula is C12H17ClN2O. The summed E-state index contributed by atoms with van der Waals surface area (Å²) in [5, 5.41) is 6.61. The van der Waals surface area contributed by atoms with Crippen molar-refractivity contribution in [3.63, 3.8) is 0 Å². The Morgan fingerprint density at radius 2 is 2.19 bits per heavy atom. The first-order valence-electron chi connectivity index (χ1n) is 5.35. The monoisotopic (exact) mass is 240 g/mol. The van der Waals surface area contributed by atoms with Gasteiger partial charge in [0, 0.05) is 17.3 Å². The Hall–Kier alpha value is -1.22. The van der Waals surface area contributed by atoms with Crippen LogP contribution in [-0.4, -0.2) is 18.5 Å². The van der Waals surface area contributed by atoms with Gasteiger partial charge in [0.1, 0.15) is 6.04 Å². The fourth-order valence-electron chi connectivity index (χ4n) is 1.39. The van der Waals surface area contributed by atoms with Crippen molar-refractivity contribution in [2.24, 2.45) is 0 Å². The predicted octanol–water partition coefficient (Wildman–Crippen LogP) is 2.58. The van der Waals surface area contributed by atoms with Crippen LogP contribution >= 0.6 is 11.6 Å². The van der Waals surface area contributed by atoms with E-state index in [1.165, 1.54) is 0 Å². The summed E-state index contributed by atoms with van der Waals surface area (Å²) in [5.74, 6) is -0.0122. The van der Waals surface area contributed by atoms with E-state index in [-0.39, 0.29) is 11.9 Å². The van der Waals surface area contributed by atoms with Crippen LogP contribution in [0.25, 0.3) is 0 Å². The van der Waals surface area contributed by atoms with Crippen LogP contribution in [-0.2, 0) is 4.79 Å². The molecule has 0 radical (unpaired) electrons. The van der Waals surface area contributed by atoms with Crippen molar-refractivity contribution in [1.29, 1.82) is 0 Å². The van der Waals surface area contributed by atoms with Gasteiger partial charge in [-0.1, -0.05) is 17.7 Å². The third-order valence-electron chi connectivity index (χ3n) is 2.38. The summed E-state index contributed by atoms with van der Waals surface area (Å²) in [4.78, 5) is 11.5. The van der Waals surface area contributed by atoms with Crippen LogP contribution in [0.4, 0.5) is 5.69 Å². The quantitative estimate of drug-likeness (QED) is 0.850. The van der Waals surface area contributed by atoms with Crippen molar-refractivity contribution in [3.8, 4) is 0 Å². The number of nitrogens with one attached hydrogen (secondary N) is 2. The fourth-order valence-corrected chi connectivity index (χ4v) is 1.56. The minimum Gasteiger partial charge on any atom is -0.374 e. The maximum atomic E-state index is 11.5. The number of amides is 1. The van der Waals surface area contributed by atoms with Gasteiger partial charge >= 0.3 is 0 Å². The molecule has 88 valence electrons. The van der Waals surface area contributed by atoms with Gasteiger partial charge in [-0.05, 0) is 38.5 Å².